The van der Waals surface area contributed by atoms with E-state index in [0.717, 1.165) is 13.0 Å². The Morgan fingerprint density at radius 1 is 1.36 bits per heavy atom. The Morgan fingerprint density at radius 3 is 2.09 bits per heavy atom. The van der Waals surface area contributed by atoms with Crippen LogP contribution < -0.4 is 0 Å². The first-order chi connectivity index (χ1) is 5.13. The van der Waals surface area contributed by atoms with Crippen LogP contribution in [0, 0.1) is 0 Å². The first-order valence-corrected chi connectivity index (χ1v) is 3.99. The minimum Gasteiger partial charge on any atom is -0.481 e. The standard InChI is InChI=1S/C6H13NO2.C2H6/c1-7(2)5-3-4-6(8)9;1-2/h3-5H2,1-2H3,(H,8,9);1-2H3. The first kappa shape index (κ1) is 13.1. The Morgan fingerprint density at radius 2 is 1.82 bits per heavy atom. The summed E-state index contributed by atoms with van der Waals surface area (Å²) in [5.74, 6) is -0.711. The molecule has 0 fully saturated rings. The SMILES string of the molecule is CC.CN(C)CCCC(=O)O. The second kappa shape index (κ2) is 9.43. The number of hydrogen-bond donors (Lipinski definition) is 1. The zero-order chi connectivity index (χ0) is 9.28. The number of rotatable bonds is 4. The van der Waals surface area contributed by atoms with Gasteiger partial charge in [0.05, 0.1) is 0 Å². The number of carbonyl (C=O) groups is 1. The van der Waals surface area contributed by atoms with Gasteiger partial charge in [0, 0.05) is 6.42 Å². The Balaban J connectivity index is 0. The molecule has 0 aromatic rings. The van der Waals surface area contributed by atoms with Crippen LogP contribution in [0.15, 0.2) is 0 Å². The summed E-state index contributed by atoms with van der Waals surface area (Å²) in [6.45, 7) is 4.85. The highest BCUT2D eigenvalue weighted by atomic mass is 16.4. The Hall–Kier alpha value is -0.570. The fraction of sp³-hybridized carbons (Fsp3) is 0.875. The largest absolute Gasteiger partial charge is 0.481 e. The molecule has 0 saturated carbocycles. The predicted octanol–water partition coefficient (Wildman–Crippen LogP) is 1.44. The molecule has 0 saturated heterocycles. The van der Waals surface area contributed by atoms with E-state index >= 15 is 0 Å². The minimum absolute atomic E-state index is 0.276. The lowest BCUT2D eigenvalue weighted by Gasteiger charge is -2.06. The maximum Gasteiger partial charge on any atom is 0.303 e. The lowest BCUT2D eigenvalue weighted by atomic mass is 10.3. The second-order valence-electron chi connectivity index (χ2n) is 2.30. The summed E-state index contributed by atoms with van der Waals surface area (Å²) >= 11 is 0. The second-order valence-corrected chi connectivity index (χ2v) is 2.30. The summed E-state index contributed by atoms with van der Waals surface area (Å²) < 4.78 is 0. The molecule has 3 heteroatoms. The molecule has 0 bridgehead atoms. The summed E-state index contributed by atoms with van der Waals surface area (Å²) in [7, 11) is 3.86. The Bertz CT molecular complexity index is 92.1. The average Bonchev–Trinajstić information content (AvgIpc) is 1.90. The summed E-state index contributed by atoms with van der Waals surface area (Å²) in [5.41, 5.74) is 0. The predicted molar refractivity (Wildman–Crippen MR) is 46.8 cm³/mol. The van der Waals surface area contributed by atoms with Crippen molar-refractivity contribution in [1.29, 1.82) is 0 Å². The van der Waals surface area contributed by atoms with Crippen LogP contribution >= 0.6 is 0 Å². The molecule has 0 atom stereocenters. The van der Waals surface area contributed by atoms with Crippen LogP contribution in [0.3, 0.4) is 0 Å². The van der Waals surface area contributed by atoms with Gasteiger partial charge in [-0.3, -0.25) is 4.79 Å². The van der Waals surface area contributed by atoms with Crippen molar-refractivity contribution in [3.05, 3.63) is 0 Å². The van der Waals surface area contributed by atoms with E-state index in [1.54, 1.807) is 0 Å². The number of carboxylic acids is 1. The lowest BCUT2D eigenvalue weighted by molar-refractivity contribution is -0.137. The maximum atomic E-state index is 9.96. The fourth-order valence-electron chi connectivity index (χ4n) is 0.547. The molecule has 0 unspecified atom stereocenters. The summed E-state index contributed by atoms with van der Waals surface area (Å²) in [4.78, 5) is 11.9. The smallest absolute Gasteiger partial charge is 0.303 e. The van der Waals surface area contributed by atoms with Crippen LogP contribution in [-0.2, 0) is 4.79 Å². The molecule has 0 rings (SSSR count). The van der Waals surface area contributed by atoms with Gasteiger partial charge in [-0.05, 0) is 27.1 Å². The number of aliphatic carboxylic acids is 1. The zero-order valence-electron chi connectivity index (χ0n) is 7.92. The maximum absolute atomic E-state index is 9.96. The third-order valence-electron chi connectivity index (χ3n) is 0.996. The van der Waals surface area contributed by atoms with Crippen molar-refractivity contribution in [2.75, 3.05) is 20.6 Å². The van der Waals surface area contributed by atoms with Crippen molar-refractivity contribution < 1.29 is 9.90 Å². The van der Waals surface area contributed by atoms with E-state index in [9.17, 15) is 4.79 Å². The molecule has 0 amide bonds. The van der Waals surface area contributed by atoms with Crippen molar-refractivity contribution in [1.82, 2.24) is 4.90 Å². The quantitative estimate of drug-likeness (QED) is 0.678. The molecule has 0 aliphatic heterocycles. The van der Waals surface area contributed by atoms with E-state index in [1.165, 1.54) is 0 Å². The molecule has 0 spiro atoms. The van der Waals surface area contributed by atoms with Gasteiger partial charge in [0.1, 0.15) is 0 Å². The highest BCUT2D eigenvalue weighted by Crippen LogP contribution is 1.89. The van der Waals surface area contributed by atoms with Crippen LogP contribution in [0.2, 0.25) is 0 Å². The van der Waals surface area contributed by atoms with Crippen LogP contribution in [0.5, 0.6) is 0 Å². The molecule has 0 aromatic heterocycles. The van der Waals surface area contributed by atoms with E-state index in [2.05, 4.69) is 0 Å². The molecular weight excluding hydrogens is 142 g/mol. The van der Waals surface area contributed by atoms with Crippen molar-refractivity contribution in [3.8, 4) is 0 Å². The molecule has 0 aliphatic rings. The average molecular weight is 161 g/mol. The summed E-state index contributed by atoms with van der Waals surface area (Å²) in [6.07, 6.45) is 1.01. The summed E-state index contributed by atoms with van der Waals surface area (Å²) in [6, 6.07) is 0. The van der Waals surface area contributed by atoms with E-state index in [4.69, 9.17) is 5.11 Å². The number of nitrogens with zero attached hydrogens (tertiary/aromatic N) is 1. The van der Waals surface area contributed by atoms with Gasteiger partial charge in [0.25, 0.3) is 0 Å². The molecule has 0 aliphatic carbocycles. The van der Waals surface area contributed by atoms with Gasteiger partial charge in [-0.2, -0.15) is 0 Å². The monoisotopic (exact) mass is 161 g/mol. The number of hydrogen-bond acceptors (Lipinski definition) is 2. The first-order valence-electron chi connectivity index (χ1n) is 3.99. The van der Waals surface area contributed by atoms with Crippen molar-refractivity contribution in [3.63, 3.8) is 0 Å². The third kappa shape index (κ3) is 17.7. The molecular formula is C8H19NO2. The summed E-state index contributed by atoms with van der Waals surface area (Å²) in [5, 5.41) is 8.21. The van der Waals surface area contributed by atoms with E-state index in [-0.39, 0.29) is 6.42 Å². The van der Waals surface area contributed by atoms with Crippen molar-refractivity contribution >= 4 is 5.97 Å². The van der Waals surface area contributed by atoms with Gasteiger partial charge in [0.15, 0.2) is 0 Å². The molecule has 0 heterocycles. The third-order valence-corrected chi connectivity index (χ3v) is 0.996. The van der Waals surface area contributed by atoms with Gasteiger partial charge >= 0.3 is 5.97 Å². The normalized spacial score (nSPS) is 8.82. The van der Waals surface area contributed by atoms with Crippen LogP contribution in [0.1, 0.15) is 26.7 Å². The van der Waals surface area contributed by atoms with E-state index in [0.29, 0.717) is 0 Å². The van der Waals surface area contributed by atoms with Crippen molar-refractivity contribution in [2.24, 2.45) is 0 Å². The van der Waals surface area contributed by atoms with Gasteiger partial charge in [-0.15, -0.1) is 0 Å². The zero-order valence-corrected chi connectivity index (χ0v) is 7.92. The van der Waals surface area contributed by atoms with Crippen molar-refractivity contribution in [2.45, 2.75) is 26.7 Å². The molecule has 0 radical (unpaired) electrons. The lowest BCUT2D eigenvalue weighted by Crippen LogP contribution is -2.13. The topological polar surface area (TPSA) is 40.5 Å². The highest BCUT2D eigenvalue weighted by molar-refractivity contribution is 5.66. The van der Waals surface area contributed by atoms with Gasteiger partial charge in [-0.1, -0.05) is 13.8 Å². The Kier molecular flexibility index (Phi) is 11.2. The van der Waals surface area contributed by atoms with Crippen LogP contribution in [-0.4, -0.2) is 36.6 Å². The molecule has 0 aromatic carbocycles. The van der Waals surface area contributed by atoms with E-state index in [1.807, 2.05) is 32.8 Å². The highest BCUT2D eigenvalue weighted by Gasteiger charge is 1.95. The van der Waals surface area contributed by atoms with Crippen LogP contribution in [0.4, 0.5) is 0 Å². The number of carboxylic acid groups (broad SMARTS) is 1. The molecule has 11 heavy (non-hydrogen) atoms. The molecule has 1 N–H and O–H groups in total. The van der Waals surface area contributed by atoms with Gasteiger partial charge in [0.2, 0.25) is 0 Å². The molecule has 3 nitrogen and oxygen atoms in total. The van der Waals surface area contributed by atoms with Crippen LogP contribution in [0.25, 0.3) is 0 Å². The van der Waals surface area contributed by atoms with Gasteiger partial charge < -0.3 is 10.0 Å². The fourth-order valence-corrected chi connectivity index (χ4v) is 0.547. The Labute approximate surface area is 69.0 Å². The van der Waals surface area contributed by atoms with Gasteiger partial charge in [-0.25, -0.2) is 0 Å². The van der Waals surface area contributed by atoms with E-state index < -0.39 is 5.97 Å². The molecule has 68 valence electrons. The minimum atomic E-state index is -0.711.